The van der Waals surface area contributed by atoms with Gasteiger partial charge in [-0.05, 0) is 19.8 Å². The minimum absolute atomic E-state index is 0.0527. The van der Waals surface area contributed by atoms with Gasteiger partial charge in [0, 0.05) is 0 Å². The van der Waals surface area contributed by atoms with Crippen molar-refractivity contribution in [1.82, 2.24) is 9.55 Å². The summed E-state index contributed by atoms with van der Waals surface area (Å²) in [6, 6.07) is 0. The summed E-state index contributed by atoms with van der Waals surface area (Å²) in [6.45, 7) is 1.88. The van der Waals surface area contributed by atoms with Crippen molar-refractivity contribution in [2.45, 2.75) is 32.1 Å². The van der Waals surface area contributed by atoms with Gasteiger partial charge in [-0.15, -0.1) is 0 Å². The normalized spacial score (nSPS) is 25.7. The first-order valence-electron chi connectivity index (χ1n) is 4.74. The highest BCUT2D eigenvalue weighted by Crippen LogP contribution is 2.26. The molecule has 1 aromatic rings. The largest absolute Gasteiger partial charge is 0.355 e. The number of halogens is 1. The van der Waals surface area contributed by atoms with Crippen LogP contribution in [0, 0.1) is 5.82 Å². The summed E-state index contributed by atoms with van der Waals surface area (Å²) < 4.78 is 19.4. The van der Waals surface area contributed by atoms with Crippen LogP contribution in [0.5, 0.6) is 0 Å². The average molecular weight is 214 g/mol. The third-order valence-electron chi connectivity index (χ3n) is 2.44. The van der Waals surface area contributed by atoms with Gasteiger partial charge in [0.25, 0.3) is 5.56 Å². The van der Waals surface area contributed by atoms with E-state index in [0.717, 1.165) is 17.2 Å². The number of hydrogen-bond acceptors (Lipinski definition) is 3. The minimum atomic E-state index is -0.998. The molecule has 0 amide bonds. The lowest BCUT2D eigenvalue weighted by molar-refractivity contribution is 0.00727. The molecule has 15 heavy (non-hydrogen) atoms. The summed E-state index contributed by atoms with van der Waals surface area (Å²) >= 11 is 0. The van der Waals surface area contributed by atoms with Crippen molar-refractivity contribution in [2.24, 2.45) is 0 Å². The first-order valence-corrected chi connectivity index (χ1v) is 4.74. The number of nitrogens with one attached hydrogen (secondary N) is 1. The van der Waals surface area contributed by atoms with E-state index < -0.39 is 23.3 Å². The van der Waals surface area contributed by atoms with E-state index in [1.807, 2.05) is 11.9 Å². The van der Waals surface area contributed by atoms with E-state index in [4.69, 9.17) is 4.74 Å². The second kappa shape index (κ2) is 3.62. The molecule has 1 aliphatic rings. The lowest BCUT2D eigenvalue weighted by Gasteiger charge is -2.13. The van der Waals surface area contributed by atoms with Crippen molar-refractivity contribution in [1.29, 1.82) is 0 Å². The molecule has 2 rings (SSSR count). The molecular formula is C9H11FN2O3. The number of hydrogen-bond donors (Lipinski definition) is 1. The summed E-state index contributed by atoms with van der Waals surface area (Å²) in [5, 5.41) is 0. The maximum absolute atomic E-state index is 13.0. The van der Waals surface area contributed by atoms with Crippen molar-refractivity contribution < 1.29 is 9.13 Å². The molecule has 0 radical (unpaired) electrons. The Morgan fingerprint density at radius 1 is 1.53 bits per heavy atom. The number of rotatable bonds is 1. The highest BCUT2D eigenvalue weighted by atomic mass is 19.1. The SMILES string of the molecule is CC1CCC(n2cc(F)c(=O)[nH]c2=O)O1. The number of H-pyrrole nitrogens is 1. The number of ether oxygens (including phenoxy) is 1. The molecule has 1 aromatic heterocycles. The van der Waals surface area contributed by atoms with Gasteiger partial charge >= 0.3 is 5.69 Å². The summed E-state index contributed by atoms with van der Waals surface area (Å²) in [5.74, 6) is -0.974. The van der Waals surface area contributed by atoms with Gasteiger partial charge in [0.15, 0.2) is 0 Å². The highest BCUT2D eigenvalue weighted by Gasteiger charge is 2.24. The Hall–Kier alpha value is -1.43. The fourth-order valence-electron chi connectivity index (χ4n) is 1.66. The van der Waals surface area contributed by atoms with Gasteiger partial charge in [0.05, 0.1) is 12.3 Å². The number of aromatic amines is 1. The van der Waals surface area contributed by atoms with Crippen molar-refractivity contribution >= 4 is 0 Å². The summed E-state index contributed by atoms with van der Waals surface area (Å²) in [7, 11) is 0. The monoisotopic (exact) mass is 214 g/mol. The molecule has 2 heterocycles. The van der Waals surface area contributed by atoms with Gasteiger partial charge in [0.2, 0.25) is 5.82 Å². The zero-order chi connectivity index (χ0) is 11.0. The molecule has 2 atom stereocenters. The van der Waals surface area contributed by atoms with Crippen LogP contribution in [0.25, 0.3) is 0 Å². The predicted molar refractivity (Wildman–Crippen MR) is 50.1 cm³/mol. The van der Waals surface area contributed by atoms with Crippen molar-refractivity contribution in [2.75, 3.05) is 0 Å². The highest BCUT2D eigenvalue weighted by molar-refractivity contribution is 4.89. The van der Waals surface area contributed by atoms with E-state index in [1.165, 1.54) is 0 Å². The minimum Gasteiger partial charge on any atom is -0.355 e. The topological polar surface area (TPSA) is 64.1 Å². The molecule has 1 N–H and O–H groups in total. The number of aromatic nitrogens is 2. The Kier molecular flexibility index (Phi) is 2.44. The van der Waals surface area contributed by atoms with Crippen LogP contribution in [0.3, 0.4) is 0 Å². The Bertz CT molecular complexity index is 479. The Morgan fingerprint density at radius 2 is 2.27 bits per heavy atom. The molecule has 0 bridgehead atoms. The van der Waals surface area contributed by atoms with Crippen molar-refractivity contribution in [3.8, 4) is 0 Å². The molecule has 1 saturated heterocycles. The van der Waals surface area contributed by atoms with E-state index in [-0.39, 0.29) is 6.10 Å². The second-order valence-electron chi connectivity index (χ2n) is 3.62. The molecule has 0 aromatic carbocycles. The first-order chi connectivity index (χ1) is 7.08. The van der Waals surface area contributed by atoms with Crippen LogP contribution in [0.2, 0.25) is 0 Å². The van der Waals surface area contributed by atoms with E-state index in [2.05, 4.69) is 0 Å². The molecule has 1 fully saturated rings. The molecule has 1 aliphatic heterocycles. The van der Waals surface area contributed by atoms with Crippen LogP contribution in [-0.2, 0) is 4.74 Å². The van der Waals surface area contributed by atoms with Crippen LogP contribution in [0.1, 0.15) is 26.0 Å². The molecule has 82 valence electrons. The maximum atomic E-state index is 13.0. The van der Waals surface area contributed by atoms with Gasteiger partial charge < -0.3 is 4.74 Å². The molecule has 6 heteroatoms. The molecular weight excluding hydrogens is 203 g/mol. The standard InChI is InChI=1S/C9H11FN2O3/c1-5-2-3-7(15-5)12-4-6(10)8(13)11-9(12)14/h4-5,7H,2-3H2,1H3,(H,11,13,14). The molecule has 5 nitrogen and oxygen atoms in total. The molecule has 2 unspecified atom stereocenters. The van der Waals surface area contributed by atoms with E-state index in [9.17, 15) is 14.0 Å². The third-order valence-corrected chi connectivity index (χ3v) is 2.44. The van der Waals surface area contributed by atoms with Crippen molar-refractivity contribution in [3.63, 3.8) is 0 Å². The smallest absolute Gasteiger partial charge is 0.330 e. The maximum Gasteiger partial charge on any atom is 0.330 e. The van der Waals surface area contributed by atoms with Gasteiger partial charge in [-0.25, -0.2) is 4.79 Å². The Labute approximate surface area is 84.5 Å². The summed E-state index contributed by atoms with van der Waals surface area (Å²) in [6.07, 6.45) is 1.93. The lowest BCUT2D eigenvalue weighted by Crippen LogP contribution is -2.33. The lowest BCUT2D eigenvalue weighted by atomic mass is 10.2. The van der Waals surface area contributed by atoms with Crippen LogP contribution >= 0.6 is 0 Å². The molecule has 0 saturated carbocycles. The number of nitrogens with zero attached hydrogens (tertiary/aromatic N) is 1. The van der Waals surface area contributed by atoms with Crippen LogP contribution in [0.4, 0.5) is 4.39 Å². The summed E-state index contributed by atoms with van der Waals surface area (Å²) in [5.41, 5.74) is -1.64. The second-order valence-corrected chi connectivity index (χ2v) is 3.62. The zero-order valence-electron chi connectivity index (χ0n) is 8.20. The quantitative estimate of drug-likeness (QED) is 0.734. The third kappa shape index (κ3) is 1.85. The van der Waals surface area contributed by atoms with Crippen LogP contribution in [-0.4, -0.2) is 15.7 Å². The fourth-order valence-corrected chi connectivity index (χ4v) is 1.66. The van der Waals surface area contributed by atoms with Gasteiger partial charge in [-0.3, -0.25) is 14.3 Å². The predicted octanol–water partition coefficient (Wildman–Crippen LogP) is 0.373. The van der Waals surface area contributed by atoms with Crippen LogP contribution in [0.15, 0.2) is 15.8 Å². The van der Waals surface area contributed by atoms with Gasteiger partial charge in [0.1, 0.15) is 6.23 Å². The van der Waals surface area contributed by atoms with Crippen LogP contribution < -0.4 is 11.2 Å². The Morgan fingerprint density at radius 3 is 2.87 bits per heavy atom. The molecule has 0 spiro atoms. The molecule has 0 aliphatic carbocycles. The Balaban J connectivity index is 2.41. The van der Waals surface area contributed by atoms with E-state index in [0.29, 0.717) is 6.42 Å². The van der Waals surface area contributed by atoms with Crippen molar-refractivity contribution in [3.05, 3.63) is 32.9 Å². The van der Waals surface area contributed by atoms with E-state index in [1.54, 1.807) is 0 Å². The summed E-state index contributed by atoms with van der Waals surface area (Å²) in [4.78, 5) is 24.0. The van der Waals surface area contributed by atoms with Gasteiger partial charge in [-0.1, -0.05) is 0 Å². The van der Waals surface area contributed by atoms with Gasteiger partial charge in [-0.2, -0.15) is 4.39 Å². The zero-order valence-corrected chi connectivity index (χ0v) is 8.20. The fraction of sp³-hybridized carbons (Fsp3) is 0.556. The van der Waals surface area contributed by atoms with E-state index >= 15 is 0 Å². The first kappa shape index (κ1) is 10.1. The average Bonchev–Trinajstić information content (AvgIpc) is 2.58.